The van der Waals surface area contributed by atoms with E-state index in [1.165, 1.54) is 57.9 Å². The molecule has 1 saturated heterocycles. The summed E-state index contributed by atoms with van der Waals surface area (Å²) >= 11 is 0. The second-order valence-corrected chi connectivity index (χ2v) is 6.87. The van der Waals surface area contributed by atoms with E-state index in [0.717, 1.165) is 24.4 Å². The van der Waals surface area contributed by atoms with Crippen LogP contribution in [0, 0.1) is 11.8 Å². The number of fused-ring (bicyclic) bond motifs is 1. The standard InChI is InChI=1S/C15H28N2/c1-12-6-8-15(10-12,11-16)17-9-7-13-4-2-3-5-14(13)17/h12-14H,2-11,16H2,1H3. The number of rotatable bonds is 2. The molecule has 0 radical (unpaired) electrons. The molecule has 3 fully saturated rings. The van der Waals surface area contributed by atoms with Crippen molar-refractivity contribution >= 4 is 0 Å². The van der Waals surface area contributed by atoms with Crippen molar-refractivity contribution in [3.63, 3.8) is 0 Å². The second kappa shape index (κ2) is 4.55. The molecule has 2 aliphatic carbocycles. The first kappa shape index (κ1) is 12.0. The maximum Gasteiger partial charge on any atom is 0.0337 e. The minimum absolute atomic E-state index is 0.385. The summed E-state index contributed by atoms with van der Waals surface area (Å²) in [6, 6.07) is 0.887. The van der Waals surface area contributed by atoms with Gasteiger partial charge >= 0.3 is 0 Å². The van der Waals surface area contributed by atoms with Crippen LogP contribution in [0.3, 0.4) is 0 Å². The molecule has 4 unspecified atom stereocenters. The quantitative estimate of drug-likeness (QED) is 0.799. The van der Waals surface area contributed by atoms with E-state index in [1.54, 1.807) is 0 Å². The van der Waals surface area contributed by atoms with Crippen LogP contribution in [-0.2, 0) is 0 Å². The minimum Gasteiger partial charge on any atom is -0.329 e. The summed E-state index contributed by atoms with van der Waals surface area (Å²) in [5, 5.41) is 0. The number of hydrogen-bond acceptors (Lipinski definition) is 2. The molecule has 2 nitrogen and oxygen atoms in total. The molecule has 4 atom stereocenters. The summed E-state index contributed by atoms with van der Waals surface area (Å²) < 4.78 is 0. The third-order valence-electron chi connectivity index (χ3n) is 5.83. The number of hydrogen-bond donors (Lipinski definition) is 1. The van der Waals surface area contributed by atoms with E-state index >= 15 is 0 Å². The second-order valence-electron chi connectivity index (χ2n) is 6.87. The Hall–Kier alpha value is -0.0800. The topological polar surface area (TPSA) is 29.3 Å². The molecule has 3 aliphatic rings. The molecule has 3 rings (SSSR count). The molecule has 2 N–H and O–H groups in total. The molecule has 0 aromatic rings. The fraction of sp³-hybridized carbons (Fsp3) is 1.00. The summed E-state index contributed by atoms with van der Waals surface area (Å²) in [6.07, 6.45) is 11.4. The van der Waals surface area contributed by atoms with Gasteiger partial charge in [0.05, 0.1) is 0 Å². The Balaban J connectivity index is 1.78. The third-order valence-corrected chi connectivity index (χ3v) is 5.83. The average molecular weight is 236 g/mol. The zero-order valence-electron chi connectivity index (χ0n) is 11.3. The Bertz CT molecular complexity index is 278. The van der Waals surface area contributed by atoms with Gasteiger partial charge in [0.2, 0.25) is 0 Å². The molecule has 2 heteroatoms. The van der Waals surface area contributed by atoms with Gasteiger partial charge in [0, 0.05) is 18.1 Å². The van der Waals surface area contributed by atoms with Gasteiger partial charge in [-0.1, -0.05) is 19.8 Å². The normalized spacial score (nSPS) is 47.3. The largest absolute Gasteiger partial charge is 0.329 e. The zero-order valence-corrected chi connectivity index (χ0v) is 11.3. The zero-order chi connectivity index (χ0) is 11.9. The number of nitrogens with zero attached hydrogens (tertiary/aromatic N) is 1. The molecular weight excluding hydrogens is 208 g/mol. The monoisotopic (exact) mass is 236 g/mol. The Morgan fingerprint density at radius 1 is 1.18 bits per heavy atom. The van der Waals surface area contributed by atoms with Gasteiger partial charge in [-0.15, -0.1) is 0 Å². The van der Waals surface area contributed by atoms with E-state index < -0.39 is 0 Å². The van der Waals surface area contributed by atoms with Crippen LogP contribution in [0.4, 0.5) is 0 Å². The average Bonchev–Trinajstić information content (AvgIpc) is 2.93. The van der Waals surface area contributed by atoms with Crippen molar-refractivity contribution in [2.75, 3.05) is 13.1 Å². The predicted octanol–water partition coefficient (Wildman–Crippen LogP) is 2.77. The van der Waals surface area contributed by atoms with Crippen LogP contribution in [-0.4, -0.2) is 29.6 Å². The lowest BCUT2D eigenvalue weighted by Gasteiger charge is -2.44. The molecule has 17 heavy (non-hydrogen) atoms. The van der Waals surface area contributed by atoms with Crippen LogP contribution >= 0.6 is 0 Å². The molecule has 0 aromatic heterocycles. The van der Waals surface area contributed by atoms with Gasteiger partial charge in [0.25, 0.3) is 0 Å². The molecule has 0 aromatic carbocycles. The first-order chi connectivity index (χ1) is 8.25. The number of likely N-dealkylation sites (tertiary alicyclic amines) is 1. The lowest BCUT2D eigenvalue weighted by atomic mass is 9.83. The van der Waals surface area contributed by atoms with E-state index in [2.05, 4.69) is 11.8 Å². The Morgan fingerprint density at radius 3 is 2.71 bits per heavy atom. The van der Waals surface area contributed by atoms with E-state index in [4.69, 9.17) is 5.73 Å². The maximum absolute atomic E-state index is 6.19. The predicted molar refractivity (Wildman–Crippen MR) is 71.9 cm³/mol. The van der Waals surface area contributed by atoms with E-state index in [1.807, 2.05) is 0 Å². The smallest absolute Gasteiger partial charge is 0.0337 e. The van der Waals surface area contributed by atoms with Crippen molar-refractivity contribution in [1.82, 2.24) is 4.90 Å². The lowest BCUT2D eigenvalue weighted by Crippen LogP contribution is -2.55. The van der Waals surface area contributed by atoms with Gasteiger partial charge < -0.3 is 5.73 Å². The Morgan fingerprint density at radius 2 is 2.00 bits per heavy atom. The van der Waals surface area contributed by atoms with Gasteiger partial charge in [-0.3, -0.25) is 4.90 Å². The Kier molecular flexibility index (Phi) is 3.20. The minimum atomic E-state index is 0.385. The molecule has 0 bridgehead atoms. The van der Waals surface area contributed by atoms with Crippen molar-refractivity contribution < 1.29 is 0 Å². The molecular formula is C15H28N2. The lowest BCUT2D eigenvalue weighted by molar-refractivity contribution is 0.0563. The number of nitrogens with two attached hydrogens (primary N) is 1. The highest BCUT2D eigenvalue weighted by molar-refractivity contribution is 5.04. The van der Waals surface area contributed by atoms with Crippen LogP contribution in [0.15, 0.2) is 0 Å². The third kappa shape index (κ3) is 1.94. The summed E-state index contributed by atoms with van der Waals surface area (Å²) in [5.74, 6) is 1.89. The van der Waals surface area contributed by atoms with Crippen LogP contribution < -0.4 is 5.73 Å². The highest BCUT2D eigenvalue weighted by atomic mass is 15.3. The molecule has 1 aliphatic heterocycles. The molecule has 98 valence electrons. The van der Waals surface area contributed by atoms with E-state index in [-0.39, 0.29) is 0 Å². The van der Waals surface area contributed by atoms with Gasteiger partial charge in [0.15, 0.2) is 0 Å². The first-order valence-electron chi connectivity index (χ1n) is 7.72. The van der Waals surface area contributed by atoms with Crippen LogP contribution in [0.5, 0.6) is 0 Å². The van der Waals surface area contributed by atoms with Crippen molar-refractivity contribution in [3.8, 4) is 0 Å². The molecule has 2 saturated carbocycles. The van der Waals surface area contributed by atoms with E-state index in [9.17, 15) is 0 Å². The maximum atomic E-state index is 6.19. The molecule has 0 spiro atoms. The highest BCUT2D eigenvalue weighted by Gasteiger charge is 2.48. The summed E-state index contributed by atoms with van der Waals surface area (Å²) in [6.45, 7) is 4.63. The van der Waals surface area contributed by atoms with Gasteiger partial charge in [-0.25, -0.2) is 0 Å². The summed E-state index contributed by atoms with van der Waals surface area (Å²) in [4.78, 5) is 2.86. The van der Waals surface area contributed by atoms with Crippen molar-refractivity contribution in [1.29, 1.82) is 0 Å². The molecule has 0 amide bonds. The molecule has 1 heterocycles. The van der Waals surface area contributed by atoms with Crippen LogP contribution in [0.25, 0.3) is 0 Å². The van der Waals surface area contributed by atoms with E-state index in [0.29, 0.717) is 5.54 Å². The van der Waals surface area contributed by atoms with Crippen molar-refractivity contribution in [2.24, 2.45) is 17.6 Å². The van der Waals surface area contributed by atoms with Gasteiger partial charge in [-0.05, 0) is 56.9 Å². The first-order valence-corrected chi connectivity index (χ1v) is 7.72. The fourth-order valence-corrected chi connectivity index (χ4v) is 4.93. The van der Waals surface area contributed by atoms with Gasteiger partial charge in [-0.2, -0.15) is 0 Å². The summed E-state index contributed by atoms with van der Waals surface area (Å²) in [7, 11) is 0. The van der Waals surface area contributed by atoms with Gasteiger partial charge in [0.1, 0.15) is 0 Å². The van der Waals surface area contributed by atoms with Crippen molar-refractivity contribution in [2.45, 2.75) is 69.9 Å². The highest BCUT2D eigenvalue weighted by Crippen LogP contribution is 2.46. The Labute approximate surface area is 106 Å². The fourth-order valence-electron chi connectivity index (χ4n) is 4.93. The SMILES string of the molecule is CC1CCC(CN)(N2CCC3CCCCC32)C1. The van der Waals surface area contributed by atoms with Crippen LogP contribution in [0.1, 0.15) is 58.3 Å². The van der Waals surface area contributed by atoms with Crippen molar-refractivity contribution in [3.05, 3.63) is 0 Å². The van der Waals surface area contributed by atoms with Crippen LogP contribution in [0.2, 0.25) is 0 Å². The summed E-state index contributed by atoms with van der Waals surface area (Å²) in [5.41, 5.74) is 6.58.